The normalized spacial score (nSPS) is 20.6. The topological polar surface area (TPSA) is 46.1 Å². The Balaban J connectivity index is 0.00000338. The molecule has 1 N–H and O–H groups in total. The maximum absolute atomic E-state index is 13.2. The average molecular weight is 479 g/mol. The summed E-state index contributed by atoms with van der Waals surface area (Å²) in [7, 11) is 0. The fourth-order valence-electron chi connectivity index (χ4n) is 2.91. The van der Waals surface area contributed by atoms with Crippen LogP contribution in [0.3, 0.4) is 0 Å². The van der Waals surface area contributed by atoms with E-state index >= 15 is 0 Å². The zero-order chi connectivity index (χ0) is 18.1. The number of halogens is 2. The van der Waals surface area contributed by atoms with Crippen molar-refractivity contribution in [2.75, 3.05) is 39.4 Å². The molecular weight excluding hydrogens is 448 g/mol. The van der Waals surface area contributed by atoms with E-state index in [4.69, 9.17) is 14.5 Å². The monoisotopic (exact) mass is 479 g/mol. The Morgan fingerprint density at radius 2 is 2.04 bits per heavy atom. The van der Waals surface area contributed by atoms with Crippen molar-refractivity contribution in [3.63, 3.8) is 0 Å². The lowest BCUT2D eigenvalue weighted by atomic mass is 10.1. The minimum Gasteiger partial charge on any atom is -0.382 e. The summed E-state index contributed by atoms with van der Waals surface area (Å²) in [5.74, 6) is 0.676. The van der Waals surface area contributed by atoms with E-state index in [9.17, 15) is 4.39 Å². The largest absolute Gasteiger partial charge is 0.382 e. The minimum atomic E-state index is -0.228. The second-order valence-electron chi connectivity index (χ2n) is 6.18. The number of rotatable bonds is 7. The Labute approximate surface area is 173 Å². The molecule has 1 aliphatic heterocycles. The molecule has 5 nitrogen and oxygen atoms in total. The Bertz CT molecular complexity index is 542. The van der Waals surface area contributed by atoms with Gasteiger partial charge in [-0.3, -0.25) is 4.99 Å². The molecule has 1 aliphatic rings. The van der Waals surface area contributed by atoms with E-state index < -0.39 is 0 Å². The predicted octanol–water partition coefficient (Wildman–Crippen LogP) is 3.60. The number of hydrogen-bond acceptors (Lipinski definition) is 3. The van der Waals surface area contributed by atoms with Crippen LogP contribution in [-0.4, -0.2) is 56.4 Å². The minimum absolute atomic E-state index is 0. The molecule has 0 aliphatic carbocycles. The summed E-state index contributed by atoms with van der Waals surface area (Å²) in [5.41, 5.74) is 0.991. The van der Waals surface area contributed by atoms with Crippen LogP contribution in [0.15, 0.2) is 29.3 Å². The number of guanidine groups is 1. The predicted molar refractivity (Wildman–Crippen MR) is 114 cm³/mol. The van der Waals surface area contributed by atoms with Gasteiger partial charge in [0.25, 0.3) is 0 Å². The van der Waals surface area contributed by atoms with Crippen molar-refractivity contribution in [3.05, 3.63) is 35.6 Å². The lowest BCUT2D eigenvalue weighted by Crippen LogP contribution is -2.50. The smallest absolute Gasteiger partial charge is 0.194 e. The Morgan fingerprint density at radius 3 is 2.69 bits per heavy atom. The molecule has 0 saturated carbocycles. The van der Waals surface area contributed by atoms with E-state index in [0.717, 1.165) is 50.8 Å². The number of nitrogens with zero attached hydrogens (tertiary/aromatic N) is 2. The molecule has 0 spiro atoms. The summed E-state index contributed by atoms with van der Waals surface area (Å²) in [6.07, 6.45) is 0.900. The molecule has 1 aromatic rings. The number of hydrogen-bond donors (Lipinski definition) is 1. The molecule has 2 atom stereocenters. The van der Waals surface area contributed by atoms with Crippen molar-refractivity contribution in [2.24, 2.45) is 4.99 Å². The van der Waals surface area contributed by atoms with Crippen molar-refractivity contribution in [1.29, 1.82) is 0 Å². The van der Waals surface area contributed by atoms with Crippen LogP contribution >= 0.6 is 24.0 Å². The third kappa shape index (κ3) is 7.36. The molecule has 1 heterocycles. The van der Waals surface area contributed by atoms with Crippen molar-refractivity contribution in [1.82, 2.24) is 10.2 Å². The van der Waals surface area contributed by atoms with E-state index in [1.807, 2.05) is 6.92 Å². The van der Waals surface area contributed by atoms with Gasteiger partial charge in [0, 0.05) is 32.8 Å². The highest BCUT2D eigenvalue weighted by Crippen LogP contribution is 2.25. The summed E-state index contributed by atoms with van der Waals surface area (Å²) >= 11 is 0. The highest BCUT2D eigenvalue weighted by atomic mass is 127. The van der Waals surface area contributed by atoms with Crippen molar-refractivity contribution in [2.45, 2.75) is 39.4 Å². The van der Waals surface area contributed by atoms with Gasteiger partial charge in [-0.1, -0.05) is 12.1 Å². The van der Waals surface area contributed by atoms with Crippen molar-refractivity contribution in [3.8, 4) is 0 Å². The second kappa shape index (κ2) is 12.5. The second-order valence-corrected chi connectivity index (χ2v) is 6.18. The molecule has 0 aromatic heterocycles. The van der Waals surface area contributed by atoms with Gasteiger partial charge >= 0.3 is 0 Å². The van der Waals surface area contributed by atoms with E-state index in [1.165, 1.54) is 12.1 Å². The first-order chi connectivity index (χ1) is 12.1. The van der Waals surface area contributed by atoms with Gasteiger partial charge in [-0.05, 0) is 44.9 Å². The van der Waals surface area contributed by atoms with Crippen LogP contribution in [-0.2, 0) is 9.47 Å². The molecule has 1 saturated heterocycles. The first kappa shape index (κ1) is 23.1. The SMILES string of the molecule is CCNC(=NCCCOCC)N1CC(C)OC(c2ccc(F)cc2)C1.I. The molecule has 0 amide bonds. The van der Waals surface area contributed by atoms with Crippen molar-refractivity contribution < 1.29 is 13.9 Å². The number of morpholine rings is 1. The van der Waals surface area contributed by atoms with Gasteiger partial charge in [0.15, 0.2) is 5.96 Å². The van der Waals surface area contributed by atoms with Gasteiger partial charge in [0.05, 0.1) is 12.6 Å². The molecule has 26 heavy (non-hydrogen) atoms. The fourth-order valence-corrected chi connectivity index (χ4v) is 2.91. The highest BCUT2D eigenvalue weighted by molar-refractivity contribution is 14.0. The van der Waals surface area contributed by atoms with Crippen LogP contribution in [0.2, 0.25) is 0 Å². The van der Waals surface area contributed by atoms with Crippen molar-refractivity contribution >= 4 is 29.9 Å². The summed E-state index contributed by atoms with van der Waals surface area (Å²) < 4.78 is 24.6. The maximum Gasteiger partial charge on any atom is 0.194 e. The first-order valence-corrected chi connectivity index (χ1v) is 9.16. The molecule has 1 aromatic carbocycles. The summed E-state index contributed by atoms with van der Waals surface area (Å²) in [6.45, 7) is 10.6. The lowest BCUT2D eigenvalue weighted by Gasteiger charge is -2.38. The molecule has 2 rings (SSSR count). The average Bonchev–Trinajstić information content (AvgIpc) is 2.60. The third-order valence-electron chi connectivity index (χ3n) is 4.05. The highest BCUT2D eigenvalue weighted by Gasteiger charge is 2.28. The summed E-state index contributed by atoms with van der Waals surface area (Å²) in [6, 6.07) is 6.55. The summed E-state index contributed by atoms with van der Waals surface area (Å²) in [4.78, 5) is 6.95. The fraction of sp³-hybridized carbons (Fsp3) is 0.632. The van der Waals surface area contributed by atoms with E-state index in [1.54, 1.807) is 12.1 Å². The Hall–Kier alpha value is -0.930. The number of nitrogens with one attached hydrogen (secondary N) is 1. The van der Waals surface area contributed by atoms with Crippen LogP contribution in [0.1, 0.15) is 38.9 Å². The van der Waals surface area contributed by atoms with E-state index in [-0.39, 0.29) is 42.0 Å². The van der Waals surface area contributed by atoms with Gasteiger partial charge in [-0.2, -0.15) is 0 Å². The maximum atomic E-state index is 13.2. The van der Waals surface area contributed by atoms with Gasteiger partial charge in [0.1, 0.15) is 11.9 Å². The Morgan fingerprint density at radius 1 is 1.31 bits per heavy atom. The zero-order valence-electron chi connectivity index (χ0n) is 15.9. The first-order valence-electron chi connectivity index (χ1n) is 9.16. The van der Waals surface area contributed by atoms with Gasteiger partial charge < -0.3 is 19.7 Å². The standard InChI is InChI=1S/C19H30FN3O2.HI/c1-4-21-19(22-11-6-12-24-5-2)23-13-15(3)25-18(14-23)16-7-9-17(20)10-8-16;/h7-10,15,18H,4-6,11-14H2,1-3H3,(H,21,22);1H. The zero-order valence-corrected chi connectivity index (χ0v) is 18.2. The number of aliphatic imine (C=N–C) groups is 1. The van der Waals surface area contributed by atoms with E-state index in [2.05, 4.69) is 24.1 Å². The Kier molecular flexibility index (Phi) is 11.1. The molecule has 0 radical (unpaired) electrons. The molecule has 148 valence electrons. The van der Waals surface area contributed by atoms with Crippen LogP contribution in [0.4, 0.5) is 4.39 Å². The van der Waals surface area contributed by atoms with Crippen LogP contribution in [0.25, 0.3) is 0 Å². The molecule has 0 bridgehead atoms. The number of benzene rings is 1. The molecule has 2 unspecified atom stereocenters. The summed E-state index contributed by atoms with van der Waals surface area (Å²) in [5, 5.41) is 3.36. The number of ether oxygens (including phenoxy) is 2. The molecular formula is C19H31FIN3O2. The molecule has 1 fully saturated rings. The van der Waals surface area contributed by atoms with Crippen LogP contribution in [0, 0.1) is 5.82 Å². The molecule has 7 heteroatoms. The van der Waals surface area contributed by atoms with Crippen LogP contribution in [0.5, 0.6) is 0 Å². The van der Waals surface area contributed by atoms with Gasteiger partial charge in [0.2, 0.25) is 0 Å². The van der Waals surface area contributed by atoms with Gasteiger partial charge in [-0.15, -0.1) is 24.0 Å². The van der Waals surface area contributed by atoms with E-state index in [0.29, 0.717) is 6.54 Å². The third-order valence-corrected chi connectivity index (χ3v) is 4.05. The van der Waals surface area contributed by atoms with Crippen LogP contribution < -0.4 is 5.32 Å². The quantitative estimate of drug-likeness (QED) is 0.281. The van der Waals surface area contributed by atoms with Gasteiger partial charge in [-0.25, -0.2) is 4.39 Å². The lowest BCUT2D eigenvalue weighted by molar-refractivity contribution is -0.0605.